The van der Waals surface area contributed by atoms with Crippen molar-refractivity contribution in [2.75, 3.05) is 12.4 Å². The number of amides is 1. The molecule has 0 radical (unpaired) electrons. The van der Waals surface area contributed by atoms with E-state index in [2.05, 4.69) is 15.3 Å². The summed E-state index contributed by atoms with van der Waals surface area (Å²) in [6, 6.07) is 11.5. The van der Waals surface area contributed by atoms with Crippen LogP contribution >= 0.6 is 0 Å². The van der Waals surface area contributed by atoms with Gasteiger partial charge in [-0.3, -0.25) is 9.78 Å². The number of rotatable bonds is 3. The van der Waals surface area contributed by atoms with Gasteiger partial charge in [-0.15, -0.1) is 0 Å². The van der Waals surface area contributed by atoms with Gasteiger partial charge in [0.15, 0.2) is 0 Å². The van der Waals surface area contributed by atoms with Crippen molar-refractivity contribution in [1.82, 2.24) is 9.97 Å². The fraction of sp³-hybridized carbons (Fsp3) is 0.0625. The second-order valence-corrected chi connectivity index (χ2v) is 4.44. The Hall–Kier alpha value is -2.95. The molecule has 0 aliphatic heterocycles. The molecule has 5 heteroatoms. The van der Waals surface area contributed by atoms with Crippen molar-refractivity contribution >= 4 is 22.4 Å². The molecule has 0 spiro atoms. The summed E-state index contributed by atoms with van der Waals surface area (Å²) in [5, 5.41) is 4.79. The average molecular weight is 279 g/mol. The Balaban J connectivity index is 2.02. The van der Waals surface area contributed by atoms with Gasteiger partial charge >= 0.3 is 0 Å². The van der Waals surface area contributed by atoms with Gasteiger partial charge in [-0.2, -0.15) is 0 Å². The molecule has 3 aromatic rings. The van der Waals surface area contributed by atoms with Crippen LogP contribution in [0.15, 0.2) is 55.0 Å². The van der Waals surface area contributed by atoms with Crippen LogP contribution in [0.2, 0.25) is 0 Å². The lowest BCUT2D eigenvalue weighted by atomic mass is 10.1. The molecule has 0 saturated heterocycles. The molecule has 0 aliphatic carbocycles. The Morgan fingerprint density at radius 1 is 1.19 bits per heavy atom. The smallest absolute Gasteiger partial charge is 0.275 e. The Bertz CT molecular complexity index is 788. The summed E-state index contributed by atoms with van der Waals surface area (Å²) in [6.07, 6.45) is 4.44. The highest BCUT2D eigenvalue weighted by Gasteiger charge is 2.11. The van der Waals surface area contributed by atoms with Gasteiger partial charge in [-0.05, 0) is 11.5 Å². The molecule has 0 aliphatic rings. The topological polar surface area (TPSA) is 64.1 Å². The van der Waals surface area contributed by atoms with Crippen LogP contribution in [0.3, 0.4) is 0 Å². The third kappa shape index (κ3) is 2.67. The number of hydrogen-bond acceptors (Lipinski definition) is 4. The van der Waals surface area contributed by atoms with E-state index in [9.17, 15) is 4.79 Å². The number of anilines is 1. The molecule has 1 amide bonds. The van der Waals surface area contributed by atoms with E-state index >= 15 is 0 Å². The third-order valence-electron chi connectivity index (χ3n) is 3.12. The molecule has 104 valence electrons. The van der Waals surface area contributed by atoms with Crippen molar-refractivity contribution in [3.8, 4) is 5.75 Å². The zero-order valence-corrected chi connectivity index (χ0v) is 11.4. The van der Waals surface area contributed by atoms with Crippen molar-refractivity contribution in [3.05, 3.63) is 60.7 Å². The van der Waals surface area contributed by atoms with Crippen LogP contribution in [0.1, 0.15) is 10.5 Å². The van der Waals surface area contributed by atoms with Gasteiger partial charge in [-0.1, -0.05) is 24.3 Å². The number of carbonyl (C=O) groups excluding carboxylic acids is 1. The van der Waals surface area contributed by atoms with Crippen molar-refractivity contribution in [1.29, 1.82) is 0 Å². The molecular formula is C16H13N3O2. The molecule has 0 atom stereocenters. The van der Waals surface area contributed by atoms with Crippen LogP contribution in [0.4, 0.5) is 5.69 Å². The predicted molar refractivity (Wildman–Crippen MR) is 80.5 cm³/mol. The van der Waals surface area contributed by atoms with Crippen molar-refractivity contribution in [2.24, 2.45) is 0 Å². The van der Waals surface area contributed by atoms with Gasteiger partial charge < -0.3 is 10.1 Å². The maximum absolute atomic E-state index is 12.2. The first-order valence-electron chi connectivity index (χ1n) is 6.42. The molecule has 0 unspecified atom stereocenters. The van der Waals surface area contributed by atoms with Gasteiger partial charge in [0.05, 0.1) is 19.0 Å². The Labute approximate surface area is 121 Å². The van der Waals surface area contributed by atoms with Gasteiger partial charge in [0.25, 0.3) is 5.91 Å². The van der Waals surface area contributed by atoms with Crippen molar-refractivity contribution in [2.45, 2.75) is 0 Å². The Kier molecular flexibility index (Phi) is 3.47. The first kappa shape index (κ1) is 13.1. The first-order valence-corrected chi connectivity index (χ1v) is 6.42. The SMILES string of the molecule is COc1cc(NC(=O)c2cnccn2)c2ccccc2c1. The second-order valence-electron chi connectivity index (χ2n) is 4.44. The predicted octanol–water partition coefficient (Wildman–Crippen LogP) is 2.89. The average Bonchev–Trinajstić information content (AvgIpc) is 2.55. The highest BCUT2D eigenvalue weighted by Crippen LogP contribution is 2.29. The van der Waals surface area contributed by atoms with E-state index < -0.39 is 0 Å². The standard InChI is InChI=1S/C16H13N3O2/c1-21-12-8-11-4-2-3-5-13(11)14(9-12)19-16(20)15-10-17-6-7-18-15/h2-10H,1H3,(H,19,20). The number of fused-ring (bicyclic) bond motifs is 1. The molecule has 0 fully saturated rings. The Morgan fingerprint density at radius 2 is 2.05 bits per heavy atom. The van der Waals surface area contributed by atoms with Gasteiger partial charge in [0, 0.05) is 23.8 Å². The Morgan fingerprint density at radius 3 is 2.81 bits per heavy atom. The molecular weight excluding hydrogens is 266 g/mol. The van der Waals surface area contributed by atoms with Gasteiger partial charge in [0.1, 0.15) is 11.4 Å². The highest BCUT2D eigenvalue weighted by atomic mass is 16.5. The zero-order chi connectivity index (χ0) is 14.7. The monoisotopic (exact) mass is 279 g/mol. The number of hydrogen-bond donors (Lipinski definition) is 1. The van der Waals surface area contributed by atoms with Gasteiger partial charge in [0.2, 0.25) is 0 Å². The molecule has 0 bridgehead atoms. The molecule has 3 rings (SSSR count). The van der Waals surface area contributed by atoms with Crippen LogP contribution in [0.5, 0.6) is 5.75 Å². The number of benzene rings is 2. The number of nitrogens with one attached hydrogen (secondary N) is 1. The summed E-state index contributed by atoms with van der Waals surface area (Å²) in [5.74, 6) is 0.379. The van der Waals surface area contributed by atoms with E-state index in [1.54, 1.807) is 13.2 Å². The fourth-order valence-corrected chi connectivity index (χ4v) is 2.11. The van der Waals surface area contributed by atoms with E-state index in [1.807, 2.05) is 30.3 Å². The van der Waals surface area contributed by atoms with E-state index in [4.69, 9.17) is 4.74 Å². The number of methoxy groups -OCH3 is 1. The van der Waals surface area contributed by atoms with E-state index in [0.29, 0.717) is 11.4 Å². The van der Waals surface area contributed by atoms with E-state index in [1.165, 1.54) is 18.6 Å². The molecule has 1 heterocycles. The normalized spacial score (nSPS) is 10.3. The number of ether oxygens (including phenoxy) is 1. The largest absolute Gasteiger partial charge is 0.497 e. The van der Waals surface area contributed by atoms with Crippen molar-refractivity contribution < 1.29 is 9.53 Å². The summed E-state index contributed by atoms with van der Waals surface area (Å²) in [6.45, 7) is 0. The van der Waals surface area contributed by atoms with E-state index in [-0.39, 0.29) is 11.6 Å². The summed E-state index contributed by atoms with van der Waals surface area (Å²) in [4.78, 5) is 20.1. The summed E-state index contributed by atoms with van der Waals surface area (Å²) in [7, 11) is 1.60. The lowest BCUT2D eigenvalue weighted by Crippen LogP contribution is -2.14. The molecule has 5 nitrogen and oxygen atoms in total. The lowest BCUT2D eigenvalue weighted by molar-refractivity contribution is 0.102. The first-order chi connectivity index (χ1) is 10.3. The summed E-state index contributed by atoms with van der Waals surface area (Å²) in [5.41, 5.74) is 0.949. The molecule has 1 N–H and O–H groups in total. The fourth-order valence-electron chi connectivity index (χ4n) is 2.11. The highest BCUT2D eigenvalue weighted by molar-refractivity contribution is 6.08. The molecule has 2 aromatic carbocycles. The zero-order valence-electron chi connectivity index (χ0n) is 11.4. The van der Waals surface area contributed by atoms with Crippen LogP contribution in [0.25, 0.3) is 10.8 Å². The van der Waals surface area contributed by atoms with Crippen LogP contribution in [-0.4, -0.2) is 23.0 Å². The minimum absolute atomic E-state index is 0.268. The van der Waals surface area contributed by atoms with E-state index in [0.717, 1.165) is 10.8 Å². The van der Waals surface area contributed by atoms with Crippen LogP contribution in [0, 0.1) is 0 Å². The summed E-state index contributed by atoms with van der Waals surface area (Å²) >= 11 is 0. The second kappa shape index (κ2) is 5.58. The van der Waals surface area contributed by atoms with Crippen LogP contribution in [-0.2, 0) is 0 Å². The van der Waals surface area contributed by atoms with Crippen LogP contribution < -0.4 is 10.1 Å². The molecule has 21 heavy (non-hydrogen) atoms. The molecule has 0 saturated carbocycles. The maximum Gasteiger partial charge on any atom is 0.275 e. The number of nitrogens with zero attached hydrogens (tertiary/aromatic N) is 2. The molecule has 1 aromatic heterocycles. The third-order valence-corrected chi connectivity index (χ3v) is 3.12. The van der Waals surface area contributed by atoms with Gasteiger partial charge in [-0.25, -0.2) is 4.98 Å². The lowest BCUT2D eigenvalue weighted by Gasteiger charge is -2.10. The minimum Gasteiger partial charge on any atom is -0.497 e. The summed E-state index contributed by atoms with van der Waals surface area (Å²) < 4.78 is 5.27. The van der Waals surface area contributed by atoms with Crippen molar-refractivity contribution in [3.63, 3.8) is 0 Å². The number of aromatic nitrogens is 2. The maximum atomic E-state index is 12.2. The number of carbonyl (C=O) groups is 1. The quantitative estimate of drug-likeness (QED) is 0.800. The minimum atomic E-state index is -0.304.